The average molecular weight is 543 g/mol. The van der Waals surface area contributed by atoms with Crippen LogP contribution in [-0.2, 0) is 24.2 Å². The fourth-order valence-electron chi connectivity index (χ4n) is 3.21. The number of rotatable bonds is 2. The second-order valence-corrected chi connectivity index (χ2v) is 11.2. The fraction of sp³-hybridized carbons (Fsp3) is 0.241. The predicted octanol–water partition coefficient (Wildman–Crippen LogP) is 2.47. The molecule has 0 saturated heterocycles. The van der Waals surface area contributed by atoms with Crippen LogP contribution in [0.15, 0.2) is 73.3 Å². The van der Waals surface area contributed by atoms with Gasteiger partial charge in [-0.1, -0.05) is 75.8 Å². The molecule has 0 atom stereocenters. The molecule has 0 amide bonds. The van der Waals surface area contributed by atoms with Crippen molar-refractivity contribution in [1.29, 1.82) is 0 Å². The van der Waals surface area contributed by atoms with Crippen molar-refractivity contribution in [1.82, 2.24) is 0 Å². The van der Waals surface area contributed by atoms with E-state index in [4.69, 9.17) is 0 Å². The van der Waals surface area contributed by atoms with E-state index in [1.807, 2.05) is 12.2 Å². The Hall–Kier alpha value is -1.40. The van der Waals surface area contributed by atoms with Crippen molar-refractivity contribution < 1.29 is 49.0 Å². The SMILES string of the molecule is C=Cc1ccc2[cH-]c3ccc(C=C)cc3c2c1.CC(C)(C)C1=CC[C-]=C1.C[C](C)=[Zr+2].[Cl-].[Cl-]. The molecule has 4 rings (SSSR count). The van der Waals surface area contributed by atoms with Gasteiger partial charge in [0, 0.05) is 0 Å². The van der Waals surface area contributed by atoms with Gasteiger partial charge in [-0.2, -0.15) is 11.6 Å². The maximum atomic E-state index is 3.82. The first-order chi connectivity index (χ1) is 14.2. The van der Waals surface area contributed by atoms with Crippen molar-refractivity contribution in [2.75, 3.05) is 0 Å². The summed E-state index contributed by atoms with van der Waals surface area (Å²) >= 11 is 1.55. The zero-order chi connectivity index (χ0) is 22.3. The molecule has 32 heavy (non-hydrogen) atoms. The number of benzene rings is 2. The fourth-order valence-corrected chi connectivity index (χ4v) is 3.21. The van der Waals surface area contributed by atoms with E-state index in [0.29, 0.717) is 5.41 Å². The molecule has 168 valence electrons. The first kappa shape index (κ1) is 30.6. The van der Waals surface area contributed by atoms with Gasteiger partial charge in [0.15, 0.2) is 0 Å². The van der Waals surface area contributed by atoms with Crippen molar-refractivity contribution in [3.8, 4) is 0 Å². The van der Waals surface area contributed by atoms with Gasteiger partial charge in [0.05, 0.1) is 0 Å². The van der Waals surface area contributed by atoms with Gasteiger partial charge in [-0.3, -0.25) is 6.08 Å². The Bertz CT molecular complexity index is 1050. The molecule has 0 aliphatic heterocycles. The molecule has 3 aromatic carbocycles. The third kappa shape index (κ3) is 8.86. The summed E-state index contributed by atoms with van der Waals surface area (Å²) in [5.41, 5.74) is 4.06. The summed E-state index contributed by atoms with van der Waals surface area (Å²) in [5.74, 6) is 0. The van der Waals surface area contributed by atoms with Crippen LogP contribution < -0.4 is 24.8 Å². The van der Waals surface area contributed by atoms with E-state index in [1.54, 1.807) is 24.2 Å². The van der Waals surface area contributed by atoms with Gasteiger partial charge in [-0.15, -0.1) is 46.2 Å². The minimum atomic E-state index is 0. The van der Waals surface area contributed by atoms with E-state index in [9.17, 15) is 0 Å². The zero-order valence-corrected chi connectivity index (χ0v) is 23.7. The first-order valence-corrected chi connectivity index (χ1v) is 11.6. The second kappa shape index (κ2) is 14.0. The van der Waals surface area contributed by atoms with Gasteiger partial charge in [0.1, 0.15) is 0 Å². The van der Waals surface area contributed by atoms with Gasteiger partial charge >= 0.3 is 41.3 Å². The van der Waals surface area contributed by atoms with Crippen LogP contribution in [-0.4, -0.2) is 3.21 Å². The quantitative estimate of drug-likeness (QED) is 0.437. The molecule has 0 fully saturated rings. The van der Waals surface area contributed by atoms with E-state index in [0.717, 1.165) is 17.5 Å². The van der Waals surface area contributed by atoms with Crippen molar-refractivity contribution in [3.63, 3.8) is 0 Å². The van der Waals surface area contributed by atoms with Crippen LogP contribution >= 0.6 is 0 Å². The van der Waals surface area contributed by atoms with E-state index in [-0.39, 0.29) is 24.8 Å². The van der Waals surface area contributed by atoms with E-state index >= 15 is 0 Å². The Balaban J connectivity index is 0.000000547. The van der Waals surface area contributed by atoms with Crippen LogP contribution in [0.2, 0.25) is 0 Å². The molecule has 1 aliphatic carbocycles. The standard InChI is InChI=1S/C17H13.C9H13.C3H6.2ClH.Zr/c1-3-12-5-7-14-11-15-8-6-13(4-2)10-17(15)16(14)9-12;1-9(2,3)8-6-4-5-7-8;1-3-2;;;/h3-11H,1-2H2;6-7H,4H2,1-3H3;1-2H3;2*1H;/q2*-1;;;;+2/p-2. The first-order valence-electron chi connectivity index (χ1n) is 10.3. The second-order valence-electron chi connectivity index (χ2n) is 8.71. The van der Waals surface area contributed by atoms with E-state index in [1.165, 1.54) is 30.3 Å². The molecular weight excluding hydrogens is 510 g/mol. The normalized spacial score (nSPS) is 11.8. The van der Waals surface area contributed by atoms with Gasteiger partial charge in [0.2, 0.25) is 0 Å². The molecule has 0 unspecified atom stereocenters. The van der Waals surface area contributed by atoms with Gasteiger partial charge < -0.3 is 24.8 Å². The van der Waals surface area contributed by atoms with E-state index in [2.05, 4.69) is 108 Å². The molecule has 0 spiro atoms. The van der Waals surface area contributed by atoms with Gasteiger partial charge in [-0.25, -0.2) is 6.08 Å². The van der Waals surface area contributed by atoms with E-state index < -0.39 is 0 Å². The summed E-state index contributed by atoms with van der Waals surface area (Å²) in [5, 5.41) is 5.15. The molecular formula is C29H32Cl2Zr-2. The van der Waals surface area contributed by atoms with Crippen LogP contribution in [0.1, 0.15) is 52.2 Å². The topological polar surface area (TPSA) is 0 Å². The molecule has 0 aromatic heterocycles. The van der Waals surface area contributed by atoms with Crippen LogP contribution in [0.3, 0.4) is 0 Å². The minimum absolute atomic E-state index is 0. The largest absolute Gasteiger partial charge is 1.00 e. The summed E-state index contributed by atoms with van der Waals surface area (Å²) in [4.78, 5) is 0. The number of hydrogen-bond donors (Lipinski definition) is 0. The summed E-state index contributed by atoms with van der Waals surface area (Å²) in [6.45, 7) is 18.6. The third-order valence-electron chi connectivity index (χ3n) is 4.79. The summed E-state index contributed by atoms with van der Waals surface area (Å²) in [6.07, 6.45) is 12.3. The minimum Gasteiger partial charge on any atom is -1.00 e. The van der Waals surface area contributed by atoms with Crippen LogP contribution in [0.4, 0.5) is 0 Å². The molecule has 0 bridgehead atoms. The number of allylic oxidation sites excluding steroid dienone is 4. The molecule has 0 radical (unpaired) electrons. The Morgan fingerprint density at radius 1 is 0.938 bits per heavy atom. The summed E-state index contributed by atoms with van der Waals surface area (Å²) < 4.78 is 1.51. The molecule has 0 N–H and O–H groups in total. The maximum Gasteiger partial charge on any atom is -1.00 e. The van der Waals surface area contributed by atoms with Crippen LogP contribution in [0.25, 0.3) is 33.7 Å². The number of halogens is 2. The molecule has 3 heteroatoms. The molecule has 0 saturated carbocycles. The number of fused-ring (bicyclic) bond motifs is 3. The Kier molecular flexibility index (Phi) is 13.4. The molecule has 3 aromatic rings. The van der Waals surface area contributed by atoms with Crippen LogP contribution in [0, 0.1) is 11.5 Å². The Labute approximate surface area is 221 Å². The van der Waals surface area contributed by atoms with Gasteiger partial charge in [0.25, 0.3) is 0 Å². The molecule has 1 aliphatic rings. The smallest absolute Gasteiger partial charge is 1.00 e. The summed E-state index contributed by atoms with van der Waals surface area (Å²) in [6, 6.07) is 15.1. The molecule has 0 nitrogen and oxygen atoms in total. The Morgan fingerprint density at radius 2 is 1.38 bits per heavy atom. The summed E-state index contributed by atoms with van der Waals surface area (Å²) in [7, 11) is 0. The predicted molar refractivity (Wildman–Crippen MR) is 134 cm³/mol. The van der Waals surface area contributed by atoms with Gasteiger partial charge in [-0.05, 0) is 11.1 Å². The monoisotopic (exact) mass is 540 g/mol. The van der Waals surface area contributed by atoms with Crippen molar-refractivity contribution in [2.24, 2.45) is 5.41 Å². The zero-order valence-electron chi connectivity index (χ0n) is 19.7. The van der Waals surface area contributed by atoms with Crippen molar-refractivity contribution >= 4 is 36.9 Å². The average Bonchev–Trinajstić information content (AvgIpc) is 3.35. The molecule has 0 heterocycles. The Morgan fingerprint density at radius 3 is 1.66 bits per heavy atom. The number of hydrogen-bond acceptors (Lipinski definition) is 0. The van der Waals surface area contributed by atoms with Crippen molar-refractivity contribution in [2.45, 2.75) is 41.0 Å². The third-order valence-corrected chi connectivity index (χ3v) is 4.79. The maximum absolute atomic E-state index is 3.82. The van der Waals surface area contributed by atoms with Crippen LogP contribution in [0.5, 0.6) is 0 Å². The van der Waals surface area contributed by atoms with Crippen molar-refractivity contribution in [3.05, 3.63) is 90.6 Å².